The average Bonchev–Trinajstić information content (AvgIpc) is 2.51. The highest BCUT2D eigenvalue weighted by Gasteiger charge is 2.11. The molecule has 0 aliphatic heterocycles. The first kappa shape index (κ1) is 13.6. The Kier molecular flexibility index (Phi) is 3.62. The number of nitrogens with two attached hydrogens (primary N) is 1. The quantitative estimate of drug-likeness (QED) is 0.716. The lowest BCUT2D eigenvalue weighted by atomic mass is 10.0. The maximum Gasteiger partial charge on any atom is 0.157 e. The lowest BCUT2D eigenvalue weighted by molar-refractivity contribution is 0.875. The van der Waals surface area contributed by atoms with Crippen molar-refractivity contribution in [1.82, 2.24) is 9.97 Å². The zero-order valence-corrected chi connectivity index (χ0v) is 12.3. The van der Waals surface area contributed by atoms with Crippen molar-refractivity contribution in [1.29, 1.82) is 0 Å². The Morgan fingerprint density at radius 1 is 1.10 bits per heavy atom. The van der Waals surface area contributed by atoms with Gasteiger partial charge in [-0.3, -0.25) is 0 Å². The van der Waals surface area contributed by atoms with Gasteiger partial charge in [0.25, 0.3) is 0 Å². The maximum absolute atomic E-state index is 5.91. The van der Waals surface area contributed by atoms with E-state index in [9.17, 15) is 0 Å². The number of rotatable bonds is 3. The molecule has 0 aliphatic rings. The predicted molar refractivity (Wildman–Crippen MR) is 87.4 cm³/mol. The van der Waals surface area contributed by atoms with Gasteiger partial charge in [-0.05, 0) is 29.3 Å². The van der Waals surface area contributed by atoms with Crippen LogP contribution in [0, 0.1) is 0 Å². The molecule has 1 unspecified atom stereocenters. The largest absolute Gasteiger partial charge is 0.393 e. The number of hydrogen-bond donors (Lipinski definition) is 2. The van der Waals surface area contributed by atoms with Gasteiger partial charge >= 0.3 is 0 Å². The Balaban J connectivity index is 1.89. The minimum Gasteiger partial charge on any atom is -0.393 e. The number of benzene rings is 2. The van der Waals surface area contributed by atoms with Gasteiger partial charge in [-0.1, -0.05) is 48.0 Å². The first-order chi connectivity index (χ1) is 10.1. The summed E-state index contributed by atoms with van der Waals surface area (Å²) < 4.78 is 0. The highest BCUT2D eigenvalue weighted by atomic mass is 35.5. The second-order valence-electron chi connectivity index (χ2n) is 4.90. The molecule has 1 aromatic heterocycles. The van der Waals surface area contributed by atoms with Crippen LogP contribution in [0.5, 0.6) is 0 Å². The van der Waals surface area contributed by atoms with E-state index in [2.05, 4.69) is 52.5 Å². The van der Waals surface area contributed by atoms with E-state index in [1.54, 1.807) is 0 Å². The number of fused-ring (bicyclic) bond motifs is 1. The van der Waals surface area contributed by atoms with E-state index in [0.717, 1.165) is 5.56 Å². The van der Waals surface area contributed by atoms with Crippen LogP contribution >= 0.6 is 11.6 Å². The molecule has 1 atom stereocenters. The molecule has 3 aromatic rings. The van der Waals surface area contributed by atoms with Gasteiger partial charge in [0.1, 0.15) is 12.0 Å². The molecule has 0 aliphatic carbocycles. The molecule has 0 amide bonds. The van der Waals surface area contributed by atoms with E-state index in [0.29, 0.717) is 11.5 Å². The summed E-state index contributed by atoms with van der Waals surface area (Å²) in [6, 6.07) is 14.7. The van der Waals surface area contributed by atoms with Gasteiger partial charge in [-0.15, -0.1) is 0 Å². The van der Waals surface area contributed by atoms with Gasteiger partial charge in [-0.25, -0.2) is 9.97 Å². The van der Waals surface area contributed by atoms with Crippen LogP contribution in [-0.4, -0.2) is 9.97 Å². The summed E-state index contributed by atoms with van der Waals surface area (Å²) >= 11 is 5.91. The highest BCUT2D eigenvalue weighted by molar-refractivity contribution is 6.32. The second kappa shape index (κ2) is 5.58. The molecule has 0 saturated heterocycles. The van der Waals surface area contributed by atoms with E-state index in [1.165, 1.54) is 17.1 Å². The molecule has 1 heterocycles. The summed E-state index contributed by atoms with van der Waals surface area (Å²) in [7, 11) is 0. The van der Waals surface area contributed by atoms with Gasteiger partial charge in [-0.2, -0.15) is 0 Å². The summed E-state index contributed by atoms with van der Waals surface area (Å²) in [5, 5.41) is 5.96. The van der Waals surface area contributed by atoms with E-state index < -0.39 is 0 Å². The number of nitrogen functional groups attached to an aromatic ring is 1. The van der Waals surface area contributed by atoms with Crippen molar-refractivity contribution in [2.45, 2.75) is 13.0 Å². The van der Waals surface area contributed by atoms with Crippen LogP contribution in [0.25, 0.3) is 10.8 Å². The molecule has 0 spiro atoms. The third-order valence-electron chi connectivity index (χ3n) is 3.46. The van der Waals surface area contributed by atoms with Crippen molar-refractivity contribution in [3.05, 3.63) is 59.5 Å². The van der Waals surface area contributed by atoms with E-state index in [1.807, 2.05) is 12.1 Å². The van der Waals surface area contributed by atoms with Gasteiger partial charge in [0.2, 0.25) is 0 Å². The summed E-state index contributed by atoms with van der Waals surface area (Å²) in [5.74, 6) is 0.552. The fourth-order valence-electron chi connectivity index (χ4n) is 2.25. The molecular formula is C16H15ClN4. The average molecular weight is 299 g/mol. The van der Waals surface area contributed by atoms with Crippen LogP contribution in [0.15, 0.2) is 48.8 Å². The Labute approximate surface area is 128 Å². The molecule has 3 rings (SSSR count). The number of nitrogens with one attached hydrogen (secondary N) is 1. The molecule has 0 bridgehead atoms. The molecule has 4 nitrogen and oxygen atoms in total. The number of anilines is 2. The summed E-state index contributed by atoms with van der Waals surface area (Å²) in [5.41, 5.74) is 7.40. The smallest absolute Gasteiger partial charge is 0.157 e. The fraction of sp³-hybridized carbons (Fsp3) is 0.125. The SMILES string of the molecule is CC(Nc1ncnc(Cl)c1N)c1ccc2ccccc2c1. The van der Waals surface area contributed by atoms with Gasteiger partial charge in [0.15, 0.2) is 11.0 Å². The Bertz CT molecular complexity index is 788. The zero-order chi connectivity index (χ0) is 14.8. The van der Waals surface area contributed by atoms with Crippen LogP contribution in [0.4, 0.5) is 11.5 Å². The molecule has 3 N–H and O–H groups in total. The first-order valence-electron chi connectivity index (χ1n) is 6.66. The van der Waals surface area contributed by atoms with Crippen LogP contribution < -0.4 is 11.1 Å². The van der Waals surface area contributed by atoms with Gasteiger partial charge < -0.3 is 11.1 Å². The molecule has 0 radical (unpaired) electrons. The summed E-state index contributed by atoms with van der Waals surface area (Å²) in [4.78, 5) is 7.98. The van der Waals surface area contributed by atoms with Crippen molar-refractivity contribution in [3.8, 4) is 0 Å². The lowest BCUT2D eigenvalue weighted by Gasteiger charge is -2.17. The number of halogens is 1. The third kappa shape index (κ3) is 2.76. The predicted octanol–water partition coefficient (Wildman–Crippen LogP) is 4.04. The van der Waals surface area contributed by atoms with Crippen molar-refractivity contribution in [3.63, 3.8) is 0 Å². The topological polar surface area (TPSA) is 63.8 Å². The van der Waals surface area contributed by atoms with Crippen LogP contribution in [0.3, 0.4) is 0 Å². The maximum atomic E-state index is 5.91. The Morgan fingerprint density at radius 2 is 1.86 bits per heavy atom. The van der Waals surface area contributed by atoms with Gasteiger partial charge in [0.05, 0.1) is 6.04 Å². The molecule has 0 fully saturated rings. The van der Waals surface area contributed by atoms with Crippen molar-refractivity contribution >= 4 is 33.9 Å². The lowest BCUT2D eigenvalue weighted by Crippen LogP contribution is -2.10. The van der Waals surface area contributed by atoms with Crippen LogP contribution in [-0.2, 0) is 0 Å². The van der Waals surface area contributed by atoms with Crippen molar-refractivity contribution < 1.29 is 0 Å². The highest BCUT2D eigenvalue weighted by Crippen LogP contribution is 2.27. The molecule has 2 aromatic carbocycles. The van der Waals surface area contributed by atoms with Crippen LogP contribution in [0.1, 0.15) is 18.5 Å². The van der Waals surface area contributed by atoms with Crippen LogP contribution in [0.2, 0.25) is 5.15 Å². The number of nitrogens with zero attached hydrogens (tertiary/aromatic N) is 2. The van der Waals surface area contributed by atoms with E-state index in [4.69, 9.17) is 17.3 Å². The molecule has 5 heteroatoms. The Hall–Kier alpha value is -2.33. The van der Waals surface area contributed by atoms with Crippen molar-refractivity contribution in [2.75, 3.05) is 11.1 Å². The normalized spacial score (nSPS) is 12.3. The molecule has 106 valence electrons. The second-order valence-corrected chi connectivity index (χ2v) is 5.26. The third-order valence-corrected chi connectivity index (χ3v) is 3.76. The fourth-order valence-corrected chi connectivity index (χ4v) is 2.39. The summed E-state index contributed by atoms with van der Waals surface area (Å²) in [6.45, 7) is 2.06. The first-order valence-corrected chi connectivity index (χ1v) is 7.04. The van der Waals surface area contributed by atoms with E-state index in [-0.39, 0.29) is 11.2 Å². The number of aromatic nitrogens is 2. The number of hydrogen-bond acceptors (Lipinski definition) is 4. The Morgan fingerprint density at radius 3 is 2.67 bits per heavy atom. The minimum absolute atomic E-state index is 0.0582. The minimum atomic E-state index is 0.0582. The molecule has 0 saturated carbocycles. The monoisotopic (exact) mass is 298 g/mol. The summed E-state index contributed by atoms with van der Waals surface area (Å²) in [6.07, 6.45) is 1.40. The zero-order valence-electron chi connectivity index (χ0n) is 11.5. The van der Waals surface area contributed by atoms with E-state index >= 15 is 0 Å². The molecular weight excluding hydrogens is 284 g/mol. The van der Waals surface area contributed by atoms with Crippen molar-refractivity contribution in [2.24, 2.45) is 0 Å². The van der Waals surface area contributed by atoms with Gasteiger partial charge in [0, 0.05) is 0 Å². The molecule has 21 heavy (non-hydrogen) atoms. The standard InChI is InChI=1S/C16H15ClN4/c1-10(21-16-14(18)15(17)19-9-20-16)12-7-6-11-4-2-3-5-13(11)8-12/h2-10H,18H2,1H3,(H,19,20,21).